The van der Waals surface area contributed by atoms with Crippen molar-refractivity contribution in [3.05, 3.63) is 33.9 Å². The van der Waals surface area contributed by atoms with Gasteiger partial charge in [-0.05, 0) is 25.8 Å². The molecule has 0 radical (unpaired) electrons. The van der Waals surface area contributed by atoms with Gasteiger partial charge in [0.25, 0.3) is 0 Å². The molecule has 1 aliphatic heterocycles. The molecule has 1 aromatic heterocycles. The molecule has 1 unspecified atom stereocenters. The summed E-state index contributed by atoms with van der Waals surface area (Å²) in [5, 5.41) is 9.29. The fourth-order valence-corrected chi connectivity index (χ4v) is 4.18. The molecule has 1 aliphatic carbocycles. The van der Waals surface area contributed by atoms with Gasteiger partial charge in [0.15, 0.2) is 5.82 Å². The number of rotatable bonds is 3. The Hall–Kier alpha value is -3.10. The van der Waals surface area contributed by atoms with Crippen molar-refractivity contribution in [2.45, 2.75) is 38.8 Å². The Labute approximate surface area is 166 Å². The Morgan fingerprint density at radius 1 is 1.28 bits per heavy atom. The topological polar surface area (TPSA) is 109 Å². The molecule has 8 nitrogen and oxygen atoms in total. The van der Waals surface area contributed by atoms with Crippen LogP contribution in [0.2, 0.25) is 0 Å². The molecular formula is C20H23FN4O4. The molecule has 9 heteroatoms. The number of nitrogen functional groups attached to an aromatic ring is 1. The second-order valence-electron chi connectivity index (χ2n) is 7.84. The lowest BCUT2D eigenvalue weighted by molar-refractivity contribution is -0.131. The van der Waals surface area contributed by atoms with Crippen LogP contribution in [0, 0.1) is 5.82 Å². The first kappa shape index (κ1) is 19.2. The number of aromatic carboxylic acids is 1. The van der Waals surface area contributed by atoms with Crippen LogP contribution >= 0.6 is 0 Å². The average molecular weight is 402 g/mol. The summed E-state index contributed by atoms with van der Waals surface area (Å²) < 4.78 is 16.9. The van der Waals surface area contributed by atoms with Gasteiger partial charge in [0, 0.05) is 44.8 Å². The van der Waals surface area contributed by atoms with Crippen molar-refractivity contribution >= 4 is 34.2 Å². The summed E-state index contributed by atoms with van der Waals surface area (Å²) in [6.07, 6.45) is 3.05. The van der Waals surface area contributed by atoms with E-state index < -0.39 is 22.8 Å². The van der Waals surface area contributed by atoms with Crippen LogP contribution < -0.4 is 16.1 Å². The number of amides is 1. The van der Waals surface area contributed by atoms with Crippen molar-refractivity contribution in [1.29, 1.82) is 0 Å². The van der Waals surface area contributed by atoms with E-state index in [-0.39, 0.29) is 34.8 Å². The van der Waals surface area contributed by atoms with Gasteiger partial charge in [-0.15, -0.1) is 0 Å². The summed E-state index contributed by atoms with van der Waals surface area (Å²) in [4.78, 5) is 39.5. The number of hydrogen-bond donors (Lipinski definition) is 2. The summed E-state index contributed by atoms with van der Waals surface area (Å²) in [6.45, 7) is 4.74. The lowest BCUT2D eigenvalue weighted by Crippen LogP contribution is -2.53. The maximum Gasteiger partial charge on any atom is 0.341 e. The van der Waals surface area contributed by atoms with Gasteiger partial charge >= 0.3 is 5.97 Å². The number of carboxylic acid groups (broad SMARTS) is 1. The molecule has 2 aromatic rings. The van der Waals surface area contributed by atoms with Crippen molar-refractivity contribution in [2.24, 2.45) is 0 Å². The van der Waals surface area contributed by atoms with E-state index in [9.17, 15) is 19.5 Å². The number of anilines is 2. The number of carbonyl (C=O) groups excluding carboxylic acids is 1. The van der Waals surface area contributed by atoms with E-state index in [1.165, 1.54) is 13.1 Å². The zero-order chi connectivity index (χ0) is 21.0. The first-order valence-corrected chi connectivity index (χ1v) is 9.63. The molecule has 1 amide bonds. The molecule has 0 spiro atoms. The first-order valence-electron chi connectivity index (χ1n) is 9.63. The number of benzene rings is 1. The number of aromatic nitrogens is 1. The minimum absolute atomic E-state index is 0.0283. The lowest BCUT2D eigenvalue weighted by atomic mass is 10.1. The van der Waals surface area contributed by atoms with E-state index in [2.05, 4.69) is 0 Å². The number of carboxylic acids is 1. The molecule has 3 N–H and O–H groups in total. The highest BCUT2D eigenvalue weighted by Gasteiger charge is 2.31. The van der Waals surface area contributed by atoms with Gasteiger partial charge in [0.05, 0.1) is 22.3 Å². The minimum Gasteiger partial charge on any atom is -0.477 e. The fourth-order valence-electron chi connectivity index (χ4n) is 4.18. The highest BCUT2D eigenvalue weighted by Crippen LogP contribution is 2.40. The summed E-state index contributed by atoms with van der Waals surface area (Å²) in [6, 6.07) is 1.56. The molecule has 2 heterocycles. The Morgan fingerprint density at radius 3 is 2.52 bits per heavy atom. The molecule has 1 saturated heterocycles. The van der Waals surface area contributed by atoms with Gasteiger partial charge in [-0.1, -0.05) is 0 Å². The number of carbonyl (C=O) groups is 2. The Bertz CT molecular complexity index is 1090. The summed E-state index contributed by atoms with van der Waals surface area (Å²) in [5.41, 5.74) is 5.21. The van der Waals surface area contributed by atoms with E-state index >= 15 is 4.39 Å². The number of nitrogens with zero attached hydrogens (tertiary/aromatic N) is 3. The molecule has 1 atom stereocenters. The molecule has 1 aromatic carbocycles. The fraction of sp³-hybridized carbons (Fsp3) is 0.450. The molecular weight excluding hydrogens is 379 g/mol. The minimum atomic E-state index is -1.36. The van der Waals surface area contributed by atoms with Gasteiger partial charge in [0.1, 0.15) is 5.56 Å². The van der Waals surface area contributed by atoms with E-state index in [1.807, 2.05) is 11.8 Å². The second kappa shape index (κ2) is 6.75. The van der Waals surface area contributed by atoms with Gasteiger partial charge < -0.3 is 25.2 Å². The maximum atomic E-state index is 15.2. The normalized spacial score (nSPS) is 19.6. The van der Waals surface area contributed by atoms with Gasteiger partial charge in [0.2, 0.25) is 11.3 Å². The van der Waals surface area contributed by atoms with Crippen LogP contribution in [0.25, 0.3) is 10.9 Å². The van der Waals surface area contributed by atoms with Gasteiger partial charge in [-0.3, -0.25) is 9.59 Å². The van der Waals surface area contributed by atoms with Crippen LogP contribution in [-0.4, -0.2) is 52.1 Å². The zero-order valence-electron chi connectivity index (χ0n) is 16.3. The third-order valence-electron chi connectivity index (χ3n) is 5.82. The van der Waals surface area contributed by atoms with Crippen molar-refractivity contribution < 1.29 is 19.1 Å². The average Bonchev–Trinajstić information content (AvgIpc) is 3.48. The Morgan fingerprint density at radius 2 is 1.97 bits per heavy atom. The maximum absolute atomic E-state index is 15.2. The molecule has 0 bridgehead atoms. The second-order valence-corrected chi connectivity index (χ2v) is 7.84. The highest BCUT2D eigenvalue weighted by molar-refractivity contribution is 5.99. The third kappa shape index (κ3) is 3.10. The number of fused-ring (bicyclic) bond motifs is 1. The molecule has 4 rings (SSSR count). The first-order chi connectivity index (χ1) is 13.7. The van der Waals surface area contributed by atoms with Crippen LogP contribution in [0.4, 0.5) is 15.8 Å². The molecule has 154 valence electrons. The number of nitrogens with two attached hydrogens (primary N) is 1. The quantitative estimate of drug-likeness (QED) is 0.758. The van der Waals surface area contributed by atoms with E-state index in [4.69, 9.17) is 5.73 Å². The van der Waals surface area contributed by atoms with Crippen LogP contribution in [0.1, 0.15) is 43.1 Å². The Balaban J connectivity index is 1.88. The van der Waals surface area contributed by atoms with E-state index in [1.54, 1.807) is 15.5 Å². The number of pyridine rings is 1. The predicted molar refractivity (Wildman–Crippen MR) is 107 cm³/mol. The smallest absolute Gasteiger partial charge is 0.341 e. The Kier molecular flexibility index (Phi) is 4.48. The molecule has 2 fully saturated rings. The SMILES string of the molecule is CC(=O)N1CCN(c2cc3c(c(N)c2F)c(=O)c(C(=O)O)cn3C2CC2)CC1C. The summed E-state index contributed by atoms with van der Waals surface area (Å²) in [7, 11) is 0. The van der Waals surface area contributed by atoms with Gasteiger partial charge in [-0.2, -0.15) is 0 Å². The number of piperazine rings is 1. The van der Waals surface area contributed by atoms with Crippen molar-refractivity contribution in [2.75, 3.05) is 30.3 Å². The third-order valence-corrected chi connectivity index (χ3v) is 5.82. The van der Waals surface area contributed by atoms with Crippen LogP contribution in [0.5, 0.6) is 0 Å². The van der Waals surface area contributed by atoms with Crippen molar-refractivity contribution in [1.82, 2.24) is 9.47 Å². The lowest BCUT2D eigenvalue weighted by Gasteiger charge is -2.40. The number of hydrogen-bond acceptors (Lipinski definition) is 5. The van der Waals surface area contributed by atoms with Crippen LogP contribution in [0.15, 0.2) is 17.1 Å². The van der Waals surface area contributed by atoms with Crippen LogP contribution in [0.3, 0.4) is 0 Å². The largest absolute Gasteiger partial charge is 0.477 e. The number of halogens is 1. The summed E-state index contributed by atoms with van der Waals surface area (Å²) >= 11 is 0. The zero-order valence-corrected chi connectivity index (χ0v) is 16.3. The van der Waals surface area contributed by atoms with Crippen molar-refractivity contribution in [3.8, 4) is 0 Å². The van der Waals surface area contributed by atoms with E-state index in [0.29, 0.717) is 25.2 Å². The standard InChI is InChI=1S/C20H23FN4O4/c1-10-8-23(5-6-24(10)11(2)26)15-7-14-16(18(22)17(15)21)19(27)13(20(28)29)9-25(14)12-3-4-12/h7,9-10,12H,3-6,8,22H2,1-2H3,(H,28,29). The van der Waals surface area contributed by atoms with Crippen molar-refractivity contribution in [3.63, 3.8) is 0 Å². The van der Waals surface area contributed by atoms with Crippen LogP contribution in [-0.2, 0) is 4.79 Å². The van der Waals surface area contributed by atoms with Gasteiger partial charge in [-0.25, -0.2) is 9.18 Å². The summed E-state index contributed by atoms with van der Waals surface area (Å²) in [5.74, 6) is -2.12. The molecule has 2 aliphatic rings. The predicted octanol–water partition coefficient (Wildman–Crippen LogP) is 1.81. The monoisotopic (exact) mass is 402 g/mol. The van der Waals surface area contributed by atoms with E-state index in [0.717, 1.165) is 12.8 Å². The molecule has 29 heavy (non-hydrogen) atoms. The highest BCUT2D eigenvalue weighted by atomic mass is 19.1. The molecule has 1 saturated carbocycles.